The first kappa shape index (κ1) is 48.8. The second-order valence-corrected chi connectivity index (χ2v) is 20.9. The summed E-state index contributed by atoms with van der Waals surface area (Å²) >= 11 is 0. The summed E-state index contributed by atoms with van der Waals surface area (Å²) in [5.74, 6) is 3.42. The Morgan fingerprint density at radius 1 is 0.367 bits per heavy atom. The number of anilines is 2. The van der Waals surface area contributed by atoms with Gasteiger partial charge >= 0.3 is 0 Å². The topological polar surface area (TPSA) is 93.5 Å². The second kappa shape index (κ2) is 20.3. The third-order valence-corrected chi connectivity index (χ3v) is 15.3. The third kappa shape index (κ3) is 9.21. The van der Waals surface area contributed by atoms with Gasteiger partial charge in [-0.2, -0.15) is 0 Å². The van der Waals surface area contributed by atoms with Gasteiger partial charge in [0.15, 0.2) is 34.9 Å². The number of hydrogen-bond acceptors (Lipinski definition) is 8. The van der Waals surface area contributed by atoms with Crippen LogP contribution in [-0.2, 0) is 0 Å². The summed E-state index contributed by atoms with van der Waals surface area (Å²) in [6.45, 7) is 13.3. The van der Waals surface area contributed by atoms with E-state index in [0.717, 1.165) is 55.9 Å². The molecule has 13 rings (SSSR count). The van der Waals surface area contributed by atoms with Crippen LogP contribution in [0.4, 0.5) is 11.4 Å². The molecule has 79 heavy (non-hydrogen) atoms. The molecule has 0 N–H and O–H groups in total. The zero-order valence-electron chi connectivity index (χ0n) is 45.0. The fraction of sp³-hybridized carbons (Fsp3) is 0.113. The number of hydrogen-bond donors (Lipinski definition) is 0. The minimum absolute atomic E-state index is 0.0118. The minimum atomic E-state index is -0.0805. The molecule has 0 bridgehead atoms. The van der Waals surface area contributed by atoms with Crippen LogP contribution in [-0.4, -0.2) is 40.9 Å². The number of nitrogens with zero attached hydrogens (tertiary/aromatic N) is 8. The second-order valence-electron chi connectivity index (χ2n) is 20.9. The maximum atomic E-state index is 5.28. The van der Waals surface area contributed by atoms with Crippen LogP contribution in [0.3, 0.4) is 0 Å². The van der Waals surface area contributed by atoms with Crippen LogP contribution in [0.1, 0.15) is 50.4 Å². The monoisotopic (exact) mass is 1020 g/mol. The number of rotatable bonds is 10. The maximum absolute atomic E-state index is 5.28. The molecule has 11 aromatic rings. The molecule has 0 saturated carbocycles. The van der Waals surface area contributed by atoms with Gasteiger partial charge < -0.3 is 4.90 Å². The van der Waals surface area contributed by atoms with Crippen LogP contribution in [0.25, 0.3) is 96.2 Å². The van der Waals surface area contributed by atoms with Crippen molar-refractivity contribution in [1.29, 1.82) is 0 Å². The van der Waals surface area contributed by atoms with E-state index in [1.54, 1.807) is 0 Å². The van der Waals surface area contributed by atoms with E-state index in [1.165, 1.54) is 61.2 Å². The highest BCUT2D eigenvalue weighted by atomic mass is 15.2. The standard InChI is InChI=1S/C71H56N8/c1-43-35-45(3)64(46(4)36-43)53-27-30-61-57(39-53)58-40-54(65-47(5)37-44(2)38-48(65)6)28-31-62(58)79(61)63-32-29-55(70-75-66(49-19-11-7-12-20-49)73-67(76-70)50-21-13-8-14-22-50)41-59(63)60-42-72-34-33-56(60)71-77-68(51-23-15-9-16-24-51)74-69(78-71)52-25-17-10-18-26-52/h7-42,57,61H,1-6H3. The zero-order chi connectivity index (χ0) is 53.7. The Bertz CT molecular complexity index is 4050. The van der Waals surface area contributed by atoms with E-state index in [1.807, 2.05) is 140 Å². The van der Waals surface area contributed by atoms with Gasteiger partial charge in [-0.15, -0.1) is 0 Å². The summed E-state index contributed by atoms with van der Waals surface area (Å²) in [7, 11) is 0. The summed E-state index contributed by atoms with van der Waals surface area (Å²) < 4.78 is 0. The minimum Gasteiger partial charge on any atom is -0.333 e. The summed E-state index contributed by atoms with van der Waals surface area (Å²) in [6.07, 6.45) is 11.0. The fourth-order valence-electron chi connectivity index (χ4n) is 12.0. The molecule has 1 aliphatic carbocycles. The molecule has 380 valence electrons. The zero-order valence-corrected chi connectivity index (χ0v) is 45.0. The first-order valence-corrected chi connectivity index (χ1v) is 26.9. The van der Waals surface area contributed by atoms with Gasteiger partial charge in [-0.1, -0.05) is 181 Å². The predicted octanol–water partition coefficient (Wildman–Crippen LogP) is 16.9. The summed E-state index contributed by atoms with van der Waals surface area (Å²) in [6, 6.07) is 65.3. The predicted molar refractivity (Wildman–Crippen MR) is 322 cm³/mol. The van der Waals surface area contributed by atoms with Crippen LogP contribution in [0.15, 0.2) is 219 Å². The number of benzene rings is 8. The van der Waals surface area contributed by atoms with Gasteiger partial charge in [0.05, 0.1) is 6.04 Å². The number of aryl methyl sites for hydroxylation is 6. The fourth-order valence-corrected chi connectivity index (χ4v) is 12.0. The molecule has 0 fully saturated rings. The van der Waals surface area contributed by atoms with Gasteiger partial charge in [-0.3, -0.25) is 4.98 Å². The highest BCUT2D eigenvalue weighted by Gasteiger charge is 2.40. The average molecular weight is 1020 g/mol. The Morgan fingerprint density at radius 3 is 1.32 bits per heavy atom. The van der Waals surface area contributed by atoms with Crippen LogP contribution in [0, 0.1) is 41.5 Å². The smallest absolute Gasteiger partial charge is 0.164 e. The van der Waals surface area contributed by atoms with Crippen molar-refractivity contribution in [1.82, 2.24) is 34.9 Å². The first-order chi connectivity index (χ1) is 38.6. The quantitative estimate of drug-likeness (QED) is 0.134. The Morgan fingerprint density at radius 2 is 0.810 bits per heavy atom. The molecule has 0 amide bonds. The molecule has 8 nitrogen and oxygen atoms in total. The van der Waals surface area contributed by atoms with E-state index in [0.29, 0.717) is 34.9 Å². The molecule has 2 atom stereocenters. The van der Waals surface area contributed by atoms with E-state index in [9.17, 15) is 0 Å². The van der Waals surface area contributed by atoms with E-state index < -0.39 is 0 Å². The summed E-state index contributed by atoms with van der Waals surface area (Å²) in [5.41, 5.74) is 23.0. The van der Waals surface area contributed by atoms with Crippen LogP contribution < -0.4 is 4.90 Å². The van der Waals surface area contributed by atoms with Crippen LogP contribution in [0.5, 0.6) is 0 Å². The van der Waals surface area contributed by atoms with Crippen molar-refractivity contribution in [3.63, 3.8) is 0 Å². The van der Waals surface area contributed by atoms with Gasteiger partial charge in [-0.25, -0.2) is 29.9 Å². The molecule has 8 aromatic carbocycles. The van der Waals surface area contributed by atoms with Gasteiger partial charge in [0, 0.05) is 74.2 Å². The molecule has 3 aromatic heterocycles. The van der Waals surface area contributed by atoms with Crippen molar-refractivity contribution in [2.24, 2.45) is 0 Å². The molecule has 4 heterocycles. The molecule has 0 spiro atoms. The van der Waals surface area contributed by atoms with Crippen LogP contribution >= 0.6 is 0 Å². The van der Waals surface area contributed by atoms with Crippen molar-refractivity contribution in [2.75, 3.05) is 4.90 Å². The molecule has 8 heteroatoms. The summed E-state index contributed by atoms with van der Waals surface area (Å²) in [5, 5.41) is 0. The number of aromatic nitrogens is 7. The van der Waals surface area contributed by atoms with Crippen molar-refractivity contribution in [3.05, 3.63) is 263 Å². The SMILES string of the molecule is Cc1cc(C)c(C2=CC3c4cc(-c5c(C)cc(C)cc5C)ccc4N(c4ccc(-c5nc(-c6ccccc6)nc(-c6ccccc6)n5)cc4-c4cnccc4-c4nc(-c5ccccc5)nc(-c5ccccc5)n4)C3C=C2)c(C)c1. The lowest BCUT2D eigenvalue weighted by atomic mass is 9.82. The number of pyridine rings is 1. The number of allylic oxidation sites excluding steroid dienone is 2. The van der Waals surface area contributed by atoms with E-state index in [2.05, 4.69) is 125 Å². The Balaban J connectivity index is 1.06. The van der Waals surface area contributed by atoms with Gasteiger partial charge in [0.2, 0.25) is 0 Å². The average Bonchev–Trinajstić information content (AvgIpc) is 3.93. The lowest BCUT2D eigenvalue weighted by Gasteiger charge is -2.32. The van der Waals surface area contributed by atoms with E-state index in [-0.39, 0.29) is 12.0 Å². The molecular weight excluding hydrogens is 965 g/mol. The highest BCUT2D eigenvalue weighted by Crippen LogP contribution is 2.54. The third-order valence-electron chi connectivity index (χ3n) is 15.3. The van der Waals surface area contributed by atoms with Crippen molar-refractivity contribution < 1.29 is 0 Å². The molecule has 1 aliphatic heterocycles. The van der Waals surface area contributed by atoms with Crippen molar-refractivity contribution >= 4 is 16.9 Å². The maximum Gasteiger partial charge on any atom is 0.164 e. The Hall–Kier alpha value is -9.79. The molecule has 0 radical (unpaired) electrons. The molecule has 0 saturated heterocycles. The van der Waals surface area contributed by atoms with Gasteiger partial charge in [0.25, 0.3) is 0 Å². The van der Waals surface area contributed by atoms with Crippen LogP contribution in [0.2, 0.25) is 0 Å². The first-order valence-electron chi connectivity index (χ1n) is 26.9. The van der Waals surface area contributed by atoms with Crippen molar-refractivity contribution in [3.8, 4) is 90.6 Å². The van der Waals surface area contributed by atoms with E-state index in [4.69, 9.17) is 34.9 Å². The molecule has 2 unspecified atom stereocenters. The normalized spacial score (nSPS) is 14.5. The lowest BCUT2D eigenvalue weighted by molar-refractivity contribution is 0.747. The Kier molecular flexibility index (Phi) is 12.5. The molecule has 2 aliphatic rings. The van der Waals surface area contributed by atoms with Gasteiger partial charge in [-0.05, 0) is 128 Å². The Labute approximate surface area is 461 Å². The molecular formula is C71H56N8. The van der Waals surface area contributed by atoms with Gasteiger partial charge in [0.1, 0.15) is 0 Å². The largest absolute Gasteiger partial charge is 0.333 e. The van der Waals surface area contributed by atoms with Crippen molar-refractivity contribution in [2.45, 2.75) is 53.5 Å². The van der Waals surface area contributed by atoms with E-state index >= 15 is 0 Å². The lowest BCUT2D eigenvalue weighted by Crippen LogP contribution is -2.29. The highest BCUT2D eigenvalue weighted by molar-refractivity contribution is 5.95. The summed E-state index contributed by atoms with van der Waals surface area (Å²) in [4.78, 5) is 38.6. The number of fused-ring (bicyclic) bond motifs is 3.